The number of aliphatic hydroxyl groups is 1. The van der Waals surface area contributed by atoms with Gasteiger partial charge in [0.2, 0.25) is 0 Å². The molecular weight excluding hydrogens is 242 g/mol. The van der Waals surface area contributed by atoms with Crippen LogP contribution in [0.1, 0.15) is 12.5 Å². The average molecular weight is 258 g/mol. The Morgan fingerprint density at radius 3 is 2.71 bits per heavy atom. The van der Waals surface area contributed by atoms with E-state index >= 15 is 0 Å². The molecule has 1 N–H and O–H groups in total. The number of methoxy groups -OCH3 is 1. The molecule has 1 rings (SSSR count). The number of rotatable bonds is 4. The highest BCUT2D eigenvalue weighted by Gasteiger charge is 2.15. The van der Waals surface area contributed by atoms with Gasteiger partial charge in [0.05, 0.1) is 12.1 Å². The van der Waals surface area contributed by atoms with E-state index in [0.29, 0.717) is 17.3 Å². The zero-order valence-electron chi connectivity index (χ0n) is 10.1. The quantitative estimate of drug-likeness (QED) is 0.893. The molecule has 0 spiro atoms. The molecule has 0 aliphatic carbocycles. The summed E-state index contributed by atoms with van der Waals surface area (Å²) >= 11 is 5.98. The van der Waals surface area contributed by atoms with Gasteiger partial charge < -0.3 is 14.7 Å². The third-order valence-corrected chi connectivity index (χ3v) is 2.66. The fourth-order valence-corrected chi connectivity index (χ4v) is 1.76. The van der Waals surface area contributed by atoms with E-state index in [0.717, 1.165) is 5.56 Å². The van der Waals surface area contributed by atoms with Crippen LogP contribution in [0.5, 0.6) is 5.75 Å². The monoisotopic (exact) mass is 257 g/mol. The molecule has 17 heavy (non-hydrogen) atoms. The van der Waals surface area contributed by atoms with Gasteiger partial charge in [-0.3, -0.25) is 4.79 Å². The standard InChI is InChI=1S/C12H16ClNO3/c1-8(15)12(16)14(2)7-9-4-5-11(17-3)10(13)6-9/h4-6,8,15H,7H2,1-3H3. The molecule has 0 heterocycles. The minimum atomic E-state index is -0.992. The zero-order chi connectivity index (χ0) is 13.0. The summed E-state index contributed by atoms with van der Waals surface area (Å²) < 4.78 is 5.04. The number of carbonyl (C=O) groups excluding carboxylic acids is 1. The first kappa shape index (κ1) is 13.8. The summed E-state index contributed by atoms with van der Waals surface area (Å²) in [7, 11) is 3.18. The summed E-state index contributed by atoms with van der Waals surface area (Å²) in [5, 5.41) is 9.67. The van der Waals surface area contributed by atoms with Crippen molar-refractivity contribution < 1.29 is 14.6 Å². The highest BCUT2D eigenvalue weighted by atomic mass is 35.5. The predicted molar refractivity (Wildman–Crippen MR) is 66.2 cm³/mol. The van der Waals surface area contributed by atoms with Crippen LogP contribution >= 0.6 is 11.6 Å². The van der Waals surface area contributed by atoms with E-state index in [1.165, 1.54) is 11.8 Å². The third-order valence-electron chi connectivity index (χ3n) is 2.37. The van der Waals surface area contributed by atoms with Crippen molar-refractivity contribution in [2.24, 2.45) is 0 Å². The number of carbonyl (C=O) groups is 1. The minimum absolute atomic E-state index is 0.322. The number of benzene rings is 1. The number of hydrogen-bond acceptors (Lipinski definition) is 3. The van der Waals surface area contributed by atoms with Crippen LogP contribution in [-0.2, 0) is 11.3 Å². The van der Waals surface area contributed by atoms with E-state index in [9.17, 15) is 4.79 Å². The zero-order valence-corrected chi connectivity index (χ0v) is 10.9. The molecule has 0 saturated carbocycles. The smallest absolute Gasteiger partial charge is 0.251 e. The Bertz CT molecular complexity index is 407. The van der Waals surface area contributed by atoms with Crippen LogP contribution in [0.3, 0.4) is 0 Å². The van der Waals surface area contributed by atoms with Gasteiger partial charge in [0.1, 0.15) is 11.9 Å². The van der Waals surface area contributed by atoms with Crippen LogP contribution in [-0.4, -0.2) is 36.2 Å². The summed E-state index contributed by atoms with van der Waals surface area (Å²) in [6.07, 6.45) is -0.992. The van der Waals surface area contributed by atoms with E-state index in [1.807, 2.05) is 6.07 Å². The van der Waals surface area contributed by atoms with E-state index in [1.54, 1.807) is 26.3 Å². The molecule has 0 saturated heterocycles. The molecule has 1 atom stereocenters. The summed E-state index contributed by atoms with van der Waals surface area (Å²) in [5.74, 6) is 0.275. The number of nitrogens with zero attached hydrogens (tertiary/aromatic N) is 1. The number of aliphatic hydroxyl groups excluding tert-OH is 1. The van der Waals surface area contributed by atoms with Gasteiger partial charge in [-0.1, -0.05) is 17.7 Å². The van der Waals surface area contributed by atoms with Crippen molar-refractivity contribution in [2.45, 2.75) is 19.6 Å². The molecule has 5 heteroatoms. The van der Waals surface area contributed by atoms with Crippen molar-refractivity contribution in [3.63, 3.8) is 0 Å². The molecule has 1 aromatic rings. The molecule has 0 bridgehead atoms. The Morgan fingerprint density at radius 2 is 2.24 bits per heavy atom. The molecule has 4 nitrogen and oxygen atoms in total. The Morgan fingerprint density at radius 1 is 1.59 bits per heavy atom. The van der Waals surface area contributed by atoms with Crippen molar-refractivity contribution in [3.05, 3.63) is 28.8 Å². The fraction of sp³-hybridized carbons (Fsp3) is 0.417. The third kappa shape index (κ3) is 3.61. The van der Waals surface area contributed by atoms with Gasteiger partial charge in [-0.05, 0) is 24.6 Å². The van der Waals surface area contributed by atoms with Crippen LogP contribution in [0, 0.1) is 0 Å². The van der Waals surface area contributed by atoms with E-state index in [-0.39, 0.29) is 5.91 Å². The van der Waals surface area contributed by atoms with Crippen molar-refractivity contribution in [2.75, 3.05) is 14.2 Å². The van der Waals surface area contributed by atoms with Crippen LogP contribution in [0.25, 0.3) is 0 Å². The normalized spacial score (nSPS) is 12.1. The molecule has 0 aliphatic heterocycles. The van der Waals surface area contributed by atoms with E-state index in [4.69, 9.17) is 21.4 Å². The van der Waals surface area contributed by atoms with Crippen LogP contribution in [0.15, 0.2) is 18.2 Å². The van der Waals surface area contributed by atoms with Gasteiger partial charge in [0.15, 0.2) is 0 Å². The molecule has 1 unspecified atom stereocenters. The Hall–Kier alpha value is -1.26. The highest BCUT2D eigenvalue weighted by molar-refractivity contribution is 6.32. The lowest BCUT2D eigenvalue weighted by Gasteiger charge is -2.19. The molecule has 0 fully saturated rings. The van der Waals surface area contributed by atoms with Crippen molar-refractivity contribution in [3.8, 4) is 5.75 Å². The van der Waals surface area contributed by atoms with Gasteiger partial charge in [-0.15, -0.1) is 0 Å². The van der Waals surface area contributed by atoms with Gasteiger partial charge in [0, 0.05) is 13.6 Å². The predicted octanol–water partition coefficient (Wildman–Crippen LogP) is 1.69. The summed E-state index contributed by atoms with van der Waals surface area (Å²) in [6.45, 7) is 1.84. The van der Waals surface area contributed by atoms with E-state index < -0.39 is 6.10 Å². The second-order valence-electron chi connectivity index (χ2n) is 3.84. The number of ether oxygens (including phenoxy) is 1. The van der Waals surface area contributed by atoms with Gasteiger partial charge in [0.25, 0.3) is 5.91 Å². The lowest BCUT2D eigenvalue weighted by Crippen LogP contribution is -2.34. The molecule has 1 amide bonds. The molecule has 0 aromatic heterocycles. The second kappa shape index (κ2) is 5.89. The first-order valence-corrected chi connectivity index (χ1v) is 5.59. The first-order valence-electron chi connectivity index (χ1n) is 5.21. The van der Waals surface area contributed by atoms with Crippen molar-refractivity contribution in [1.29, 1.82) is 0 Å². The molecule has 0 radical (unpaired) electrons. The number of halogens is 1. The van der Waals surface area contributed by atoms with Crippen LogP contribution in [0.4, 0.5) is 0 Å². The minimum Gasteiger partial charge on any atom is -0.495 e. The van der Waals surface area contributed by atoms with Crippen molar-refractivity contribution in [1.82, 2.24) is 4.90 Å². The topological polar surface area (TPSA) is 49.8 Å². The van der Waals surface area contributed by atoms with Crippen molar-refractivity contribution >= 4 is 17.5 Å². The maximum atomic E-state index is 11.5. The highest BCUT2D eigenvalue weighted by Crippen LogP contribution is 2.25. The first-order chi connectivity index (χ1) is 7.95. The molecule has 0 aliphatic rings. The Kier molecular flexibility index (Phi) is 4.78. The lowest BCUT2D eigenvalue weighted by molar-refractivity contribution is -0.138. The number of hydrogen-bond donors (Lipinski definition) is 1. The van der Waals surface area contributed by atoms with Gasteiger partial charge in [-0.2, -0.15) is 0 Å². The maximum Gasteiger partial charge on any atom is 0.251 e. The maximum absolute atomic E-state index is 11.5. The molecule has 1 aromatic carbocycles. The number of amides is 1. The van der Waals surface area contributed by atoms with E-state index in [2.05, 4.69) is 0 Å². The average Bonchev–Trinajstić information content (AvgIpc) is 2.28. The molecule has 94 valence electrons. The summed E-state index contributed by atoms with van der Waals surface area (Å²) in [6, 6.07) is 5.32. The summed E-state index contributed by atoms with van der Waals surface area (Å²) in [4.78, 5) is 12.9. The Balaban J connectivity index is 2.75. The van der Waals surface area contributed by atoms with Gasteiger partial charge >= 0.3 is 0 Å². The SMILES string of the molecule is COc1ccc(CN(C)C(=O)C(C)O)cc1Cl. The fourth-order valence-electron chi connectivity index (χ4n) is 1.48. The largest absolute Gasteiger partial charge is 0.495 e. The molecular formula is C12H16ClNO3. The second-order valence-corrected chi connectivity index (χ2v) is 4.25. The van der Waals surface area contributed by atoms with Gasteiger partial charge in [-0.25, -0.2) is 0 Å². The van der Waals surface area contributed by atoms with Crippen LogP contribution in [0.2, 0.25) is 5.02 Å². The van der Waals surface area contributed by atoms with Crippen LogP contribution < -0.4 is 4.74 Å². The Labute approximate surface area is 106 Å². The number of likely N-dealkylation sites (N-methyl/N-ethyl adjacent to an activating group) is 1. The lowest BCUT2D eigenvalue weighted by atomic mass is 10.2. The summed E-state index contributed by atoms with van der Waals surface area (Å²) in [5.41, 5.74) is 0.882.